The summed E-state index contributed by atoms with van der Waals surface area (Å²) >= 11 is 0. The van der Waals surface area contributed by atoms with Gasteiger partial charge in [0.15, 0.2) is 0 Å². The molecule has 2 aromatic rings. The van der Waals surface area contributed by atoms with E-state index in [0.29, 0.717) is 36.7 Å². The van der Waals surface area contributed by atoms with Crippen LogP contribution in [0.1, 0.15) is 24.0 Å². The van der Waals surface area contributed by atoms with Crippen LogP contribution >= 0.6 is 0 Å². The number of hydrogen-bond acceptors (Lipinski definition) is 5. The molecule has 0 unspecified atom stereocenters. The molecule has 1 saturated heterocycles. The minimum atomic E-state index is -3.50. The van der Waals surface area contributed by atoms with E-state index in [2.05, 4.69) is 4.98 Å². The van der Waals surface area contributed by atoms with Gasteiger partial charge in [-0.2, -0.15) is 4.31 Å². The van der Waals surface area contributed by atoms with Crippen LogP contribution in [-0.2, 0) is 23.0 Å². The number of ether oxygens (including phenoxy) is 1. The van der Waals surface area contributed by atoms with Crippen molar-refractivity contribution < 1.29 is 13.2 Å². The second-order valence-electron chi connectivity index (χ2n) is 7.25. The maximum atomic E-state index is 13.0. The first-order valence-corrected chi connectivity index (χ1v) is 10.7. The Bertz CT molecular complexity index is 1010. The molecule has 0 aliphatic carbocycles. The first kappa shape index (κ1) is 18.2. The number of aryl methyl sites for hydroxylation is 1. The summed E-state index contributed by atoms with van der Waals surface area (Å²) in [6, 6.07) is 5.12. The summed E-state index contributed by atoms with van der Waals surface area (Å²) in [5.41, 5.74) is 1.55. The summed E-state index contributed by atoms with van der Waals surface area (Å²) in [5, 5.41) is 0. The summed E-state index contributed by atoms with van der Waals surface area (Å²) in [6.45, 7) is 3.88. The molecule has 1 aromatic carbocycles. The third-order valence-corrected chi connectivity index (χ3v) is 7.29. The molecular weight excluding hydrogens is 366 g/mol. The number of piperidine rings is 1. The fraction of sp³-hybridized carbons (Fsp3) is 0.474. The Kier molecular flexibility index (Phi) is 4.77. The molecule has 8 heteroatoms. The van der Waals surface area contributed by atoms with Crippen molar-refractivity contribution in [1.82, 2.24) is 13.9 Å². The van der Waals surface area contributed by atoms with Gasteiger partial charge in [-0.3, -0.25) is 9.36 Å². The van der Waals surface area contributed by atoms with Crippen molar-refractivity contribution in [3.63, 3.8) is 0 Å². The van der Waals surface area contributed by atoms with Crippen LogP contribution in [0.2, 0.25) is 0 Å². The number of aromatic nitrogens is 2. The smallest absolute Gasteiger partial charge is 0.256 e. The number of benzene rings is 1. The Morgan fingerprint density at radius 2 is 2.04 bits per heavy atom. The Labute approximate surface area is 158 Å². The second kappa shape index (κ2) is 7.09. The highest BCUT2D eigenvalue weighted by Crippen LogP contribution is 2.30. The lowest BCUT2D eigenvalue weighted by molar-refractivity contribution is 0.250. The van der Waals surface area contributed by atoms with E-state index in [1.165, 1.54) is 0 Å². The quantitative estimate of drug-likeness (QED) is 0.793. The molecule has 0 N–H and O–H groups in total. The molecule has 1 fully saturated rings. The van der Waals surface area contributed by atoms with Crippen LogP contribution in [0.15, 0.2) is 40.4 Å². The Morgan fingerprint density at radius 3 is 2.81 bits per heavy atom. The standard InChI is InChI=1S/C19H23N3O4S/c1-14-11-20-13-21(19(14)23)12-15-4-7-22(8-5-15)27(24,25)17-2-3-18-16(10-17)6-9-26-18/h2-3,10-11,13,15H,4-9,12H2,1H3. The molecule has 2 aliphatic heterocycles. The Hall–Kier alpha value is -2.19. The van der Waals surface area contributed by atoms with E-state index >= 15 is 0 Å². The van der Waals surface area contributed by atoms with E-state index in [1.54, 1.807) is 46.5 Å². The van der Waals surface area contributed by atoms with Gasteiger partial charge in [0.2, 0.25) is 10.0 Å². The number of sulfonamides is 1. The molecule has 0 saturated carbocycles. The minimum absolute atomic E-state index is 0.0274. The molecule has 2 aliphatic rings. The van der Waals surface area contributed by atoms with Crippen molar-refractivity contribution in [3.8, 4) is 5.75 Å². The van der Waals surface area contributed by atoms with Crippen LogP contribution in [0, 0.1) is 12.8 Å². The van der Waals surface area contributed by atoms with E-state index in [-0.39, 0.29) is 11.5 Å². The van der Waals surface area contributed by atoms with E-state index in [9.17, 15) is 13.2 Å². The van der Waals surface area contributed by atoms with Crippen molar-refractivity contribution in [2.45, 2.75) is 37.6 Å². The van der Waals surface area contributed by atoms with E-state index in [4.69, 9.17) is 4.74 Å². The molecule has 27 heavy (non-hydrogen) atoms. The normalized spacial score (nSPS) is 18.3. The number of nitrogens with zero attached hydrogens (tertiary/aromatic N) is 3. The van der Waals surface area contributed by atoms with Gasteiger partial charge in [0.25, 0.3) is 5.56 Å². The molecule has 0 bridgehead atoms. The highest BCUT2D eigenvalue weighted by molar-refractivity contribution is 7.89. The van der Waals surface area contributed by atoms with Gasteiger partial charge in [0.05, 0.1) is 17.8 Å². The zero-order valence-corrected chi connectivity index (χ0v) is 16.1. The predicted molar refractivity (Wildman–Crippen MR) is 100 cm³/mol. The van der Waals surface area contributed by atoms with Gasteiger partial charge in [-0.15, -0.1) is 0 Å². The number of fused-ring (bicyclic) bond motifs is 1. The third-order valence-electron chi connectivity index (χ3n) is 5.40. The summed E-state index contributed by atoms with van der Waals surface area (Å²) in [4.78, 5) is 16.6. The van der Waals surface area contributed by atoms with Gasteiger partial charge in [0.1, 0.15) is 5.75 Å². The van der Waals surface area contributed by atoms with Crippen molar-refractivity contribution in [2.75, 3.05) is 19.7 Å². The molecule has 144 valence electrons. The van der Waals surface area contributed by atoms with Gasteiger partial charge in [-0.1, -0.05) is 0 Å². The first-order valence-electron chi connectivity index (χ1n) is 9.22. The fourth-order valence-corrected chi connectivity index (χ4v) is 5.29. The fourth-order valence-electron chi connectivity index (χ4n) is 3.77. The maximum absolute atomic E-state index is 13.0. The largest absolute Gasteiger partial charge is 0.493 e. The lowest BCUT2D eigenvalue weighted by atomic mass is 9.98. The van der Waals surface area contributed by atoms with Crippen LogP contribution in [0.3, 0.4) is 0 Å². The maximum Gasteiger partial charge on any atom is 0.256 e. The van der Waals surface area contributed by atoms with Gasteiger partial charge < -0.3 is 4.74 Å². The third kappa shape index (κ3) is 3.51. The molecule has 3 heterocycles. The molecular formula is C19H23N3O4S. The summed E-state index contributed by atoms with van der Waals surface area (Å²) in [5.74, 6) is 1.05. The van der Waals surface area contributed by atoms with Crippen LogP contribution < -0.4 is 10.3 Å². The Balaban J connectivity index is 1.44. The molecule has 0 amide bonds. The number of rotatable bonds is 4. The molecule has 0 radical (unpaired) electrons. The van der Waals surface area contributed by atoms with Gasteiger partial charge in [0, 0.05) is 37.8 Å². The zero-order valence-electron chi connectivity index (χ0n) is 15.3. The van der Waals surface area contributed by atoms with E-state index < -0.39 is 10.0 Å². The predicted octanol–water partition coefficient (Wildman–Crippen LogP) is 1.59. The lowest BCUT2D eigenvalue weighted by Gasteiger charge is -2.31. The highest BCUT2D eigenvalue weighted by atomic mass is 32.2. The van der Waals surface area contributed by atoms with Crippen molar-refractivity contribution in [2.24, 2.45) is 5.92 Å². The van der Waals surface area contributed by atoms with E-state index in [0.717, 1.165) is 30.6 Å². The van der Waals surface area contributed by atoms with Crippen molar-refractivity contribution in [3.05, 3.63) is 52.2 Å². The second-order valence-corrected chi connectivity index (χ2v) is 9.19. The zero-order chi connectivity index (χ0) is 19.0. The summed E-state index contributed by atoms with van der Waals surface area (Å²) < 4.78 is 34.6. The van der Waals surface area contributed by atoms with E-state index in [1.807, 2.05) is 0 Å². The summed E-state index contributed by atoms with van der Waals surface area (Å²) in [6.07, 6.45) is 5.34. The van der Waals surface area contributed by atoms with Gasteiger partial charge in [-0.05, 0) is 49.4 Å². The average Bonchev–Trinajstić information content (AvgIpc) is 3.14. The Morgan fingerprint density at radius 1 is 1.26 bits per heavy atom. The molecule has 4 rings (SSSR count). The molecule has 7 nitrogen and oxygen atoms in total. The lowest BCUT2D eigenvalue weighted by Crippen LogP contribution is -2.40. The number of hydrogen-bond donors (Lipinski definition) is 0. The first-order chi connectivity index (χ1) is 12.9. The van der Waals surface area contributed by atoms with Gasteiger partial charge >= 0.3 is 0 Å². The van der Waals surface area contributed by atoms with Crippen LogP contribution in [-0.4, -0.2) is 42.0 Å². The minimum Gasteiger partial charge on any atom is -0.493 e. The average molecular weight is 389 g/mol. The molecule has 1 aromatic heterocycles. The highest BCUT2D eigenvalue weighted by Gasteiger charge is 2.30. The van der Waals surface area contributed by atoms with Crippen molar-refractivity contribution in [1.29, 1.82) is 0 Å². The SMILES string of the molecule is Cc1cncn(CC2CCN(S(=O)(=O)c3ccc4c(c3)CCO4)CC2)c1=O. The van der Waals surface area contributed by atoms with Crippen LogP contribution in [0.25, 0.3) is 0 Å². The summed E-state index contributed by atoms with van der Waals surface area (Å²) in [7, 11) is -3.50. The topological polar surface area (TPSA) is 81.5 Å². The van der Waals surface area contributed by atoms with Gasteiger partial charge in [-0.25, -0.2) is 13.4 Å². The molecule has 0 atom stereocenters. The molecule has 0 spiro atoms. The van der Waals surface area contributed by atoms with Crippen LogP contribution in [0.5, 0.6) is 5.75 Å². The van der Waals surface area contributed by atoms with Crippen molar-refractivity contribution >= 4 is 10.0 Å². The monoisotopic (exact) mass is 389 g/mol. The van der Waals surface area contributed by atoms with Crippen LogP contribution in [0.4, 0.5) is 0 Å².